The minimum atomic E-state index is -0.579. The summed E-state index contributed by atoms with van der Waals surface area (Å²) in [5.41, 5.74) is 6.14. The molecule has 2 amide bonds. The number of carbonyl (C=O) groups is 2. The van der Waals surface area contributed by atoms with Gasteiger partial charge in [0.1, 0.15) is 5.84 Å². The van der Waals surface area contributed by atoms with Crippen LogP contribution in [-0.4, -0.2) is 35.6 Å². The van der Waals surface area contributed by atoms with Gasteiger partial charge in [-0.05, 0) is 19.3 Å². The molecule has 2 rings (SSSR count). The molecule has 20 heavy (non-hydrogen) atoms. The van der Waals surface area contributed by atoms with Crippen molar-refractivity contribution in [3.05, 3.63) is 11.9 Å². The Morgan fingerprint density at radius 1 is 1.30 bits per heavy atom. The van der Waals surface area contributed by atoms with Crippen LogP contribution < -0.4 is 11.1 Å². The second-order valence-corrected chi connectivity index (χ2v) is 6.04. The summed E-state index contributed by atoms with van der Waals surface area (Å²) in [5.74, 6) is -0.492. The maximum absolute atomic E-state index is 12.0. The first-order chi connectivity index (χ1) is 9.40. The van der Waals surface area contributed by atoms with E-state index in [1.165, 1.54) is 6.20 Å². The third-order valence-corrected chi connectivity index (χ3v) is 3.80. The van der Waals surface area contributed by atoms with E-state index in [0.29, 0.717) is 31.0 Å². The van der Waals surface area contributed by atoms with Crippen molar-refractivity contribution in [2.75, 3.05) is 13.1 Å². The molecule has 0 aromatic carbocycles. The van der Waals surface area contributed by atoms with E-state index in [0.717, 1.165) is 19.3 Å². The Morgan fingerprint density at radius 2 is 1.95 bits per heavy atom. The number of likely N-dealkylation sites (tertiary alicyclic amines) is 1. The molecular formula is C14H22N4O2. The van der Waals surface area contributed by atoms with Crippen LogP contribution in [0, 0.1) is 5.41 Å². The highest BCUT2D eigenvalue weighted by atomic mass is 16.2. The van der Waals surface area contributed by atoms with Crippen LogP contribution in [0.15, 0.2) is 16.9 Å². The van der Waals surface area contributed by atoms with Gasteiger partial charge in [0, 0.05) is 36.8 Å². The SMILES string of the molecule is CC1(C)CC(NC(=O)C(=O)N2CCCCC2)=CN=C1N. The number of aliphatic imine (C=N–C) groups is 1. The highest BCUT2D eigenvalue weighted by molar-refractivity contribution is 6.35. The van der Waals surface area contributed by atoms with E-state index in [4.69, 9.17) is 5.73 Å². The molecule has 0 aliphatic carbocycles. The topological polar surface area (TPSA) is 87.8 Å². The van der Waals surface area contributed by atoms with E-state index in [1.54, 1.807) is 4.90 Å². The molecular weight excluding hydrogens is 256 g/mol. The first-order valence-corrected chi connectivity index (χ1v) is 7.03. The zero-order chi connectivity index (χ0) is 14.8. The van der Waals surface area contributed by atoms with Crippen molar-refractivity contribution in [3.8, 4) is 0 Å². The standard InChI is InChI=1S/C14H22N4O2/c1-14(2)8-10(9-16-13(14)15)17-11(19)12(20)18-6-4-3-5-7-18/h9H,3-8H2,1-2H3,(H2,15,16)(H,17,19). The van der Waals surface area contributed by atoms with Crippen LogP contribution in [0.25, 0.3) is 0 Å². The van der Waals surface area contributed by atoms with E-state index in [-0.39, 0.29) is 5.41 Å². The van der Waals surface area contributed by atoms with Gasteiger partial charge in [0.15, 0.2) is 0 Å². The predicted molar refractivity (Wildman–Crippen MR) is 76.7 cm³/mol. The summed E-state index contributed by atoms with van der Waals surface area (Å²) in [7, 11) is 0. The van der Waals surface area contributed by atoms with Gasteiger partial charge in [-0.3, -0.25) is 9.59 Å². The van der Waals surface area contributed by atoms with Crippen molar-refractivity contribution in [3.63, 3.8) is 0 Å². The van der Waals surface area contributed by atoms with E-state index in [9.17, 15) is 9.59 Å². The third-order valence-electron chi connectivity index (χ3n) is 3.80. The summed E-state index contributed by atoms with van der Waals surface area (Å²) < 4.78 is 0. The van der Waals surface area contributed by atoms with Crippen molar-refractivity contribution in [1.29, 1.82) is 0 Å². The quantitative estimate of drug-likeness (QED) is 0.694. The van der Waals surface area contributed by atoms with Gasteiger partial charge >= 0.3 is 11.8 Å². The van der Waals surface area contributed by atoms with Crippen molar-refractivity contribution >= 4 is 17.6 Å². The highest BCUT2D eigenvalue weighted by Crippen LogP contribution is 2.27. The van der Waals surface area contributed by atoms with Gasteiger partial charge < -0.3 is 16.0 Å². The third kappa shape index (κ3) is 3.18. The van der Waals surface area contributed by atoms with Crippen molar-refractivity contribution < 1.29 is 9.59 Å². The fraction of sp³-hybridized carbons (Fsp3) is 0.643. The molecule has 3 N–H and O–H groups in total. The number of amides is 2. The summed E-state index contributed by atoms with van der Waals surface area (Å²) >= 11 is 0. The van der Waals surface area contributed by atoms with Crippen LogP contribution in [0.4, 0.5) is 0 Å². The normalized spacial score (nSPS) is 21.8. The molecule has 1 fully saturated rings. The first kappa shape index (κ1) is 14.6. The molecule has 0 saturated carbocycles. The maximum atomic E-state index is 12.0. The van der Waals surface area contributed by atoms with Gasteiger partial charge in [-0.25, -0.2) is 4.99 Å². The lowest BCUT2D eigenvalue weighted by atomic mass is 9.85. The molecule has 0 spiro atoms. The van der Waals surface area contributed by atoms with Gasteiger partial charge in [0.2, 0.25) is 0 Å². The summed E-state index contributed by atoms with van der Waals surface area (Å²) in [6.45, 7) is 5.25. The summed E-state index contributed by atoms with van der Waals surface area (Å²) in [6, 6.07) is 0. The van der Waals surface area contributed by atoms with Crippen LogP contribution in [-0.2, 0) is 9.59 Å². The Labute approximate surface area is 119 Å². The molecule has 6 nitrogen and oxygen atoms in total. The summed E-state index contributed by atoms with van der Waals surface area (Å²) in [6.07, 6.45) is 5.16. The molecule has 2 aliphatic rings. The Hall–Kier alpha value is -1.85. The largest absolute Gasteiger partial charge is 0.387 e. The van der Waals surface area contributed by atoms with Crippen LogP contribution in [0.3, 0.4) is 0 Å². The summed E-state index contributed by atoms with van der Waals surface area (Å²) in [4.78, 5) is 29.7. The highest BCUT2D eigenvalue weighted by Gasteiger charge is 2.30. The number of nitrogens with two attached hydrogens (primary N) is 1. The maximum Gasteiger partial charge on any atom is 0.313 e. The molecule has 0 unspecified atom stereocenters. The molecule has 0 radical (unpaired) electrons. The average Bonchev–Trinajstić information content (AvgIpc) is 2.42. The second-order valence-electron chi connectivity index (χ2n) is 6.04. The van der Waals surface area contributed by atoms with Gasteiger partial charge in [-0.1, -0.05) is 13.8 Å². The number of hydrogen-bond acceptors (Lipinski definition) is 4. The minimum absolute atomic E-state index is 0.300. The fourth-order valence-corrected chi connectivity index (χ4v) is 2.45. The van der Waals surface area contributed by atoms with Gasteiger partial charge in [-0.15, -0.1) is 0 Å². The van der Waals surface area contributed by atoms with Crippen molar-refractivity contribution in [2.45, 2.75) is 39.5 Å². The molecule has 0 aromatic heterocycles. The Balaban J connectivity index is 1.96. The van der Waals surface area contributed by atoms with Crippen molar-refractivity contribution in [2.24, 2.45) is 16.1 Å². The Kier molecular flexibility index (Phi) is 4.11. The van der Waals surface area contributed by atoms with Gasteiger partial charge in [-0.2, -0.15) is 0 Å². The number of nitrogens with one attached hydrogen (secondary N) is 1. The molecule has 6 heteroatoms. The molecule has 110 valence electrons. The molecule has 0 bridgehead atoms. The van der Waals surface area contributed by atoms with E-state index >= 15 is 0 Å². The average molecular weight is 278 g/mol. The van der Waals surface area contributed by atoms with Gasteiger partial charge in [0.05, 0.1) is 0 Å². The smallest absolute Gasteiger partial charge is 0.313 e. The van der Waals surface area contributed by atoms with E-state index in [2.05, 4.69) is 10.3 Å². The zero-order valence-corrected chi connectivity index (χ0v) is 12.1. The number of nitrogens with zero attached hydrogens (tertiary/aromatic N) is 2. The number of allylic oxidation sites excluding steroid dienone is 1. The predicted octanol–water partition coefficient (Wildman–Crippen LogP) is 0.744. The number of amidine groups is 1. The second kappa shape index (κ2) is 5.64. The monoisotopic (exact) mass is 278 g/mol. The molecule has 2 aliphatic heterocycles. The van der Waals surface area contributed by atoms with E-state index in [1.807, 2.05) is 13.8 Å². The van der Waals surface area contributed by atoms with Crippen LogP contribution >= 0.6 is 0 Å². The molecule has 0 aromatic rings. The number of carbonyl (C=O) groups excluding carboxylic acids is 2. The fourth-order valence-electron chi connectivity index (χ4n) is 2.45. The molecule has 0 atom stereocenters. The Bertz CT molecular complexity index is 474. The minimum Gasteiger partial charge on any atom is -0.387 e. The number of rotatable bonds is 1. The summed E-state index contributed by atoms with van der Waals surface area (Å²) in [5, 5.41) is 2.66. The molecule has 1 saturated heterocycles. The first-order valence-electron chi connectivity index (χ1n) is 7.03. The molecule has 2 heterocycles. The lowest BCUT2D eigenvalue weighted by molar-refractivity contribution is -0.146. The van der Waals surface area contributed by atoms with Crippen molar-refractivity contribution in [1.82, 2.24) is 10.2 Å². The Morgan fingerprint density at radius 3 is 2.55 bits per heavy atom. The number of piperidine rings is 1. The zero-order valence-electron chi connectivity index (χ0n) is 12.1. The number of hydrogen-bond donors (Lipinski definition) is 2. The van der Waals surface area contributed by atoms with Crippen LogP contribution in [0.2, 0.25) is 0 Å². The van der Waals surface area contributed by atoms with Crippen LogP contribution in [0.5, 0.6) is 0 Å². The van der Waals surface area contributed by atoms with Gasteiger partial charge in [0.25, 0.3) is 0 Å². The van der Waals surface area contributed by atoms with E-state index < -0.39 is 11.8 Å². The lowest BCUT2D eigenvalue weighted by Crippen LogP contribution is -2.46. The van der Waals surface area contributed by atoms with Crippen LogP contribution in [0.1, 0.15) is 39.5 Å². The lowest BCUT2D eigenvalue weighted by Gasteiger charge is -2.29.